The van der Waals surface area contributed by atoms with Crippen molar-refractivity contribution in [3.8, 4) is 5.75 Å². The number of nitrogens with one attached hydrogen (secondary N) is 1. The van der Waals surface area contributed by atoms with Crippen LogP contribution in [0.2, 0.25) is 0 Å². The Morgan fingerprint density at radius 2 is 2.08 bits per heavy atom. The van der Waals surface area contributed by atoms with Gasteiger partial charge < -0.3 is 15.2 Å². The van der Waals surface area contributed by atoms with E-state index < -0.39 is 5.97 Å². The van der Waals surface area contributed by atoms with Crippen molar-refractivity contribution in [1.82, 2.24) is 5.32 Å². The molecule has 130 valence electrons. The zero-order valence-corrected chi connectivity index (χ0v) is 13.5. The second-order valence-electron chi connectivity index (χ2n) is 5.98. The van der Waals surface area contributed by atoms with Crippen LogP contribution in [0.5, 0.6) is 5.75 Å². The molecule has 3 rings (SSSR count). The summed E-state index contributed by atoms with van der Waals surface area (Å²) in [5.74, 6) is -1.08. The minimum atomic E-state index is -1.03. The van der Waals surface area contributed by atoms with Gasteiger partial charge in [-0.3, -0.25) is 4.79 Å². The van der Waals surface area contributed by atoms with E-state index in [1.807, 2.05) is 0 Å². The Balaban J connectivity index is 1.74. The van der Waals surface area contributed by atoms with E-state index in [1.54, 1.807) is 18.2 Å². The minimum absolute atomic E-state index is 0.0587. The van der Waals surface area contributed by atoms with Gasteiger partial charge in [0.05, 0.1) is 24.6 Å². The number of halogens is 1. The van der Waals surface area contributed by atoms with Crippen molar-refractivity contribution in [3.05, 3.63) is 65.0 Å². The first-order valence-corrected chi connectivity index (χ1v) is 8.07. The van der Waals surface area contributed by atoms with Crippen molar-refractivity contribution in [2.24, 2.45) is 0 Å². The highest BCUT2D eigenvalue weighted by Gasteiger charge is 2.22. The van der Waals surface area contributed by atoms with Crippen molar-refractivity contribution in [2.45, 2.75) is 25.3 Å². The molecule has 1 aliphatic rings. The van der Waals surface area contributed by atoms with E-state index in [0.717, 1.165) is 6.42 Å². The standard InChI is InChI=1S/C19H18FNO4/c20-14-6-7-17-15(11-14)16(5-2-8-25-17)21-18(22)10-12-3-1-4-13(9-12)19(23)24/h1,3-4,6-7,9,11,16H,2,5,8,10H2,(H,21,22)(H,23,24). The normalized spacial score (nSPS) is 16.3. The average molecular weight is 343 g/mol. The highest BCUT2D eigenvalue weighted by molar-refractivity contribution is 5.88. The predicted molar refractivity (Wildman–Crippen MR) is 89.1 cm³/mol. The van der Waals surface area contributed by atoms with Crippen LogP contribution in [0.1, 0.15) is 40.4 Å². The maximum Gasteiger partial charge on any atom is 0.335 e. The molecule has 0 saturated carbocycles. The lowest BCUT2D eigenvalue weighted by atomic mass is 10.0. The average Bonchev–Trinajstić information content (AvgIpc) is 2.77. The third-order valence-corrected chi connectivity index (χ3v) is 4.12. The number of carboxylic acid groups (broad SMARTS) is 1. The van der Waals surface area contributed by atoms with Crippen LogP contribution in [0, 0.1) is 5.82 Å². The summed E-state index contributed by atoms with van der Waals surface area (Å²) in [5.41, 5.74) is 1.38. The molecule has 0 saturated heterocycles. The Bertz CT molecular complexity index is 806. The SMILES string of the molecule is O=C(Cc1cccc(C(=O)O)c1)NC1CCCOc2ccc(F)cc21. The largest absolute Gasteiger partial charge is 0.493 e. The van der Waals surface area contributed by atoms with Crippen LogP contribution in [0.25, 0.3) is 0 Å². The Morgan fingerprint density at radius 3 is 2.88 bits per heavy atom. The first-order valence-electron chi connectivity index (χ1n) is 8.07. The van der Waals surface area contributed by atoms with Crippen LogP contribution in [-0.2, 0) is 11.2 Å². The molecule has 1 aliphatic heterocycles. The van der Waals surface area contributed by atoms with Crippen LogP contribution in [0.4, 0.5) is 4.39 Å². The molecule has 0 bridgehead atoms. The van der Waals surface area contributed by atoms with Crippen molar-refractivity contribution in [3.63, 3.8) is 0 Å². The van der Waals surface area contributed by atoms with Gasteiger partial charge in [0, 0.05) is 5.56 Å². The number of rotatable bonds is 4. The number of benzene rings is 2. The van der Waals surface area contributed by atoms with Gasteiger partial charge in [-0.15, -0.1) is 0 Å². The van der Waals surface area contributed by atoms with E-state index in [9.17, 15) is 14.0 Å². The molecule has 1 amide bonds. The maximum absolute atomic E-state index is 13.6. The molecular weight excluding hydrogens is 325 g/mol. The lowest BCUT2D eigenvalue weighted by molar-refractivity contribution is -0.121. The molecule has 2 N–H and O–H groups in total. The molecule has 0 aromatic heterocycles. The number of fused-ring (bicyclic) bond motifs is 1. The molecule has 0 aliphatic carbocycles. The summed E-state index contributed by atoms with van der Waals surface area (Å²) in [6, 6.07) is 10.2. The number of amides is 1. The van der Waals surface area contributed by atoms with E-state index in [2.05, 4.69) is 5.32 Å². The highest BCUT2D eigenvalue weighted by atomic mass is 19.1. The summed E-state index contributed by atoms with van der Waals surface area (Å²) in [7, 11) is 0. The van der Waals surface area contributed by atoms with Gasteiger partial charge in [0.2, 0.25) is 5.91 Å². The molecule has 0 fully saturated rings. The molecule has 5 nitrogen and oxygen atoms in total. The summed E-state index contributed by atoms with van der Waals surface area (Å²) < 4.78 is 19.2. The fraction of sp³-hybridized carbons (Fsp3) is 0.263. The first-order chi connectivity index (χ1) is 12.0. The molecule has 2 aromatic carbocycles. The molecule has 2 aromatic rings. The number of carboxylic acids is 1. The second-order valence-corrected chi connectivity index (χ2v) is 5.98. The van der Waals surface area contributed by atoms with Crippen LogP contribution in [0.15, 0.2) is 42.5 Å². The minimum Gasteiger partial charge on any atom is -0.493 e. The van der Waals surface area contributed by atoms with Gasteiger partial charge in [-0.05, 0) is 48.7 Å². The Morgan fingerprint density at radius 1 is 1.24 bits per heavy atom. The molecular formula is C19H18FNO4. The van der Waals surface area contributed by atoms with Gasteiger partial charge in [0.25, 0.3) is 0 Å². The smallest absolute Gasteiger partial charge is 0.335 e. The van der Waals surface area contributed by atoms with Crippen molar-refractivity contribution >= 4 is 11.9 Å². The van der Waals surface area contributed by atoms with E-state index in [-0.39, 0.29) is 29.8 Å². The monoisotopic (exact) mass is 343 g/mol. The Kier molecular flexibility index (Phi) is 4.97. The summed E-state index contributed by atoms with van der Waals surface area (Å²) in [6.07, 6.45) is 1.45. The van der Waals surface area contributed by atoms with E-state index in [4.69, 9.17) is 9.84 Å². The van der Waals surface area contributed by atoms with Crippen LogP contribution in [0.3, 0.4) is 0 Å². The van der Waals surface area contributed by atoms with Crippen LogP contribution in [-0.4, -0.2) is 23.6 Å². The molecule has 25 heavy (non-hydrogen) atoms. The number of carbonyl (C=O) groups is 2. The quantitative estimate of drug-likeness (QED) is 0.894. The third kappa shape index (κ3) is 4.15. The molecule has 6 heteroatoms. The topological polar surface area (TPSA) is 75.6 Å². The third-order valence-electron chi connectivity index (χ3n) is 4.12. The van der Waals surface area contributed by atoms with Gasteiger partial charge in [0.1, 0.15) is 11.6 Å². The zero-order chi connectivity index (χ0) is 17.8. The Hall–Kier alpha value is -2.89. The lowest BCUT2D eigenvalue weighted by Crippen LogP contribution is -2.29. The van der Waals surface area contributed by atoms with Gasteiger partial charge in [-0.25, -0.2) is 9.18 Å². The van der Waals surface area contributed by atoms with Crippen molar-refractivity contribution in [2.75, 3.05) is 6.61 Å². The Labute approximate surface area is 144 Å². The van der Waals surface area contributed by atoms with E-state index >= 15 is 0 Å². The fourth-order valence-corrected chi connectivity index (χ4v) is 2.94. The van der Waals surface area contributed by atoms with Gasteiger partial charge in [0.15, 0.2) is 0 Å². The van der Waals surface area contributed by atoms with Crippen LogP contribution < -0.4 is 10.1 Å². The predicted octanol–water partition coefficient (Wildman–Crippen LogP) is 3.10. The highest BCUT2D eigenvalue weighted by Crippen LogP contribution is 2.32. The zero-order valence-electron chi connectivity index (χ0n) is 13.5. The lowest BCUT2D eigenvalue weighted by Gasteiger charge is -2.18. The summed E-state index contributed by atoms with van der Waals surface area (Å²) in [6.45, 7) is 0.520. The molecule has 1 unspecified atom stereocenters. The van der Waals surface area contributed by atoms with Gasteiger partial charge >= 0.3 is 5.97 Å². The first kappa shape index (κ1) is 17.0. The summed E-state index contributed by atoms with van der Waals surface area (Å²) in [4.78, 5) is 23.4. The number of aromatic carboxylic acids is 1. The molecule has 1 heterocycles. The summed E-state index contributed by atoms with van der Waals surface area (Å²) in [5, 5.41) is 11.9. The van der Waals surface area contributed by atoms with Crippen LogP contribution >= 0.6 is 0 Å². The number of hydrogen-bond donors (Lipinski definition) is 2. The van der Waals surface area contributed by atoms with Gasteiger partial charge in [-0.1, -0.05) is 12.1 Å². The molecule has 0 radical (unpaired) electrons. The fourth-order valence-electron chi connectivity index (χ4n) is 2.94. The van der Waals surface area contributed by atoms with E-state index in [1.165, 1.54) is 24.3 Å². The number of ether oxygens (including phenoxy) is 1. The van der Waals surface area contributed by atoms with Gasteiger partial charge in [-0.2, -0.15) is 0 Å². The summed E-state index contributed by atoms with van der Waals surface area (Å²) >= 11 is 0. The van der Waals surface area contributed by atoms with E-state index in [0.29, 0.717) is 29.9 Å². The second kappa shape index (κ2) is 7.34. The van der Waals surface area contributed by atoms with Crippen molar-refractivity contribution < 1.29 is 23.8 Å². The van der Waals surface area contributed by atoms with Crippen molar-refractivity contribution in [1.29, 1.82) is 0 Å². The maximum atomic E-state index is 13.6. The number of hydrogen-bond acceptors (Lipinski definition) is 3. The molecule has 0 spiro atoms. The molecule has 1 atom stereocenters. The number of carbonyl (C=O) groups excluding carboxylic acids is 1.